The van der Waals surface area contributed by atoms with Gasteiger partial charge in [-0.05, 0) is 24.1 Å². The Labute approximate surface area is 138 Å². The number of rotatable bonds is 5. The van der Waals surface area contributed by atoms with Crippen LogP contribution in [0.1, 0.15) is 17.5 Å². The predicted molar refractivity (Wildman–Crippen MR) is 87.9 cm³/mol. The Balaban J connectivity index is 1.83. The first kappa shape index (κ1) is 15.9. The highest BCUT2D eigenvalue weighted by Crippen LogP contribution is 2.24. The number of hydrogen-bond donors (Lipinski definition) is 1. The largest absolute Gasteiger partial charge is 0.488 e. The van der Waals surface area contributed by atoms with E-state index in [1.165, 1.54) is 18.2 Å². The minimum atomic E-state index is -0.461. The zero-order valence-electron chi connectivity index (χ0n) is 12.9. The van der Waals surface area contributed by atoms with Gasteiger partial charge in [0, 0.05) is 25.2 Å². The van der Waals surface area contributed by atoms with Crippen LogP contribution < -0.4 is 10.1 Å². The van der Waals surface area contributed by atoms with E-state index in [0.717, 1.165) is 13.0 Å². The van der Waals surface area contributed by atoms with Gasteiger partial charge in [-0.25, -0.2) is 4.39 Å². The molecule has 1 aliphatic heterocycles. The number of amidine groups is 1. The molecule has 7 heteroatoms. The van der Waals surface area contributed by atoms with Gasteiger partial charge in [-0.3, -0.25) is 15.1 Å². The first-order valence-electron chi connectivity index (χ1n) is 7.58. The zero-order valence-corrected chi connectivity index (χ0v) is 12.9. The van der Waals surface area contributed by atoms with Crippen molar-refractivity contribution in [2.45, 2.75) is 13.0 Å². The number of non-ortho nitro benzene ring substituents is 1. The molecule has 0 saturated heterocycles. The lowest BCUT2D eigenvalue weighted by Crippen LogP contribution is -2.31. The van der Waals surface area contributed by atoms with Crippen LogP contribution in [0.3, 0.4) is 0 Å². The second-order valence-electron chi connectivity index (χ2n) is 5.34. The molecule has 0 saturated carbocycles. The normalized spacial score (nSPS) is 13.8. The van der Waals surface area contributed by atoms with Gasteiger partial charge >= 0.3 is 0 Å². The fourth-order valence-corrected chi connectivity index (χ4v) is 2.48. The lowest BCUT2D eigenvalue weighted by molar-refractivity contribution is -0.384. The molecule has 6 nitrogen and oxygen atoms in total. The number of nitrogens with zero attached hydrogens (tertiary/aromatic N) is 2. The van der Waals surface area contributed by atoms with Crippen LogP contribution in [0.25, 0.3) is 0 Å². The van der Waals surface area contributed by atoms with Crippen molar-refractivity contribution in [2.75, 3.05) is 13.1 Å². The smallest absolute Gasteiger partial charge is 0.269 e. The van der Waals surface area contributed by atoms with Gasteiger partial charge in [0.1, 0.15) is 24.0 Å². The summed E-state index contributed by atoms with van der Waals surface area (Å²) in [5.74, 6) is 0.419. The summed E-state index contributed by atoms with van der Waals surface area (Å²) in [4.78, 5) is 14.7. The van der Waals surface area contributed by atoms with Gasteiger partial charge in [0.05, 0.1) is 10.5 Å². The molecule has 0 radical (unpaired) electrons. The van der Waals surface area contributed by atoms with E-state index in [-0.39, 0.29) is 12.3 Å². The Morgan fingerprint density at radius 3 is 2.88 bits per heavy atom. The van der Waals surface area contributed by atoms with E-state index in [4.69, 9.17) is 4.74 Å². The number of halogens is 1. The van der Waals surface area contributed by atoms with Gasteiger partial charge in [-0.2, -0.15) is 0 Å². The molecule has 0 aromatic heterocycles. The number of hydrogen-bond acceptors (Lipinski definition) is 5. The van der Waals surface area contributed by atoms with Gasteiger partial charge in [0.2, 0.25) is 0 Å². The van der Waals surface area contributed by atoms with Gasteiger partial charge in [-0.15, -0.1) is 0 Å². The van der Waals surface area contributed by atoms with Crippen LogP contribution in [0.2, 0.25) is 0 Å². The van der Waals surface area contributed by atoms with Crippen LogP contribution in [0.5, 0.6) is 5.75 Å². The van der Waals surface area contributed by atoms with Crippen molar-refractivity contribution in [1.29, 1.82) is 0 Å². The van der Waals surface area contributed by atoms with E-state index in [1.807, 2.05) is 0 Å². The number of nitro benzene ring substituents is 1. The monoisotopic (exact) mass is 329 g/mol. The van der Waals surface area contributed by atoms with Gasteiger partial charge in [0.15, 0.2) is 0 Å². The van der Waals surface area contributed by atoms with Crippen molar-refractivity contribution in [2.24, 2.45) is 4.99 Å². The van der Waals surface area contributed by atoms with Crippen molar-refractivity contribution < 1.29 is 14.1 Å². The highest BCUT2D eigenvalue weighted by Gasteiger charge is 2.18. The molecule has 3 rings (SSSR count). The predicted octanol–water partition coefficient (Wildman–Crippen LogP) is 3.05. The molecule has 2 aromatic carbocycles. The van der Waals surface area contributed by atoms with Crippen LogP contribution in [-0.2, 0) is 6.61 Å². The van der Waals surface area contributed by atoms with Crippen LogP contribution in [0.15, 0.2) is 47.5 Å². The molecule has 1 heterocycles. The Morgan fingerprint density at radius 1 is 1.29 bits per heavy atom. The quantitative estimate of drug-likeness (QED) is 0.675. The summed E-state index contributed by atoms with van der Waals surface area (Å²) in [7, 11) is 0. The van der Waals surface area contributed by atoms with Gasteiger partial charge in [0.25, 0.3) is 5.69 Å². The Morgan fingerprint density at radius 2 is 2.12 bits per heavy atom. The van der Waals surface area contributed by atoms with E-state index in [9.17, 15) is 14.5 Å². The SMILES string of the molecule is O=[N+]([O-])c1cccc(COc2cccc(F)c2C2=NCCCN2)c1. The van der Waals surface area contributed by atoms with Crippen molar-refractivity contribution in [3.05, 3.63) is 69.5 Å². The summed E-state index contributed by atoms with van der Waals surface area (Å²) < 4.78 is 19.9. The zero-order chi connectivity index (χ0) is 16.9. The Hall–Kier alpha value is -2.96. The van der Waals surface area contributed by atoms with Crippen LogP contribution in [0.4, 0.5) is 10.1 Å². The number of ether oxygens (including phenoxy) is 1. The summed E-state index contributed by atoms with van der Waals surface area (Å²) in [6, 6.07) is 10.7. The molecular weight excluding hydrogens is 313 g/mol. The maximum absolute atomic E-state index is 14.2. The summed E-state index contributed by atoms with van der Waals surface area (Å²) in [5.41, 5.74) is 0.925. The third-order valence-corrected chi connectivity index (χ3v) is 3.63. The van der Waals surface area contributed by atoms with Crippen molar-refractivity contribution in [1.82, 2.24) is 5.32 Å². The second-order valence-corrected chi connectivity index (χ2v) is 5.34. The maximum atomic E-state index is 14.2. The standard InChI is InChI=1S/C17H16FN3O3/c18-14-6-2-7-15(16(14)17-19-8-3-9-20-17)24-11-12-4-1-5-13(10-12)21(22)23/h1-2,4-7,10H,3,8-9,11H2,(H,19,20). The fraction of sp³-hybridized carbons (Fsp3) is 0.235. The average Bonchev–Trinajstić information content (AvgIpc) is 2.61. The van der Waals surface area contributed by atoms with E-state index in [1.54, 1.807) is 24.3 Å². The van der Waals surface area contributed by atoms with E-state index in [0.29, 0.717) is 29.3 Å². The molecule has 124 valence electrons. The number of benzene rings is 2. The topological polar surface area (TPSA) is 76.8 Å². The molecule has 1 N–H and O–H groups in total. The van der Waals surface area contributed by atoms with Crippen LogP contribution >= 0.6 is 0 Å². The number of nitrogens with one attached hydrogen (secondary N) is 1. The number of nitro groups is 1. The molecule has 0 fully saturated rings. The molecular formula is C17H16FN3O3. The molecule has 24 heavy (non-hydrogen) atoms. The number of aliphatic imine (C=N–C) groups is 1. The summed E-state index contributed by atoms with van der Waals surface area (Å²) in [6.45, 7) is 1.48. The van der Waals surface area contributed by atoms with E-state index in [2.05, 4.69) is 10.3 Å². The third-order valence-electron chi connectivity index (χ3n) is 3.63. The first-order valence-corrected chi connectivity index (χ1v) is 7.58. The molecule has 2 aromatic rings. The molecule has 1 aliphatic rings. The molecule has 0 bridgehead atoms. The van der Waals surface area contributed by atoms with E-state index >= 15 is 0 Å². The molecule has 0 unspecified atom stereocenters. The average molecular weight is 329 g/mol. The van der Waals surface area contributed by atoms with E-state index < -0.39 is 10.7 Å². The molecule has 0 aliphatic carbocycles. The summed E-state index contributed by atoms with van der Waals surface area (Å²) in [6.07, 6.45) is 0.905. The Bertz CT molecular complexity index is 792. The Kier molecular flexibility index (Phi) is 4.69. The second kappa shape index (κ2) is 7.08. The van der Waals surface area contributed by atoms with Crippen LogP contribution in [-0.4, -0.2) is 23.8 Å². The van der Waals surface area contributed by atoms with Crippen molar-refractivity contribution in [3.63, 3.8) is 0 Å². The maximum Gasteiger partial charge on any atom is 0.269 e. The van der Waals surface area contributed by atoms with Crippen LogP contribution in [0, 0.1) is 15.9 Å². The lowest BCUT2D eigenvalue weighted by Gasteiger charge is -2.18. The minimum Gasteiger partial charge on any atom is -0.488 e. The van der Waals surface area contributed by atoms with Gasteiger partial charge < -0.3 is 10.1 Å². The molecule has 0 amide bonds. The van der Waals surface area contributed by atoms with Crippen molar-refractivity contribution >= 4 is 11.5 Å². The van der Waals surface area contributed by atoms with Crippen molar-refractivity contribution in [3.8, 4) is 5.75 Å². The minimum absolute atomic E-state index is 0.00566. The molecule has 0 atom stereocenters. The fourth-order valence-electron chi connectivity index (χ4n) is 2.48. The lowest BCUT2D eigenvalue weighted by atomic mass is 10.1. The first-order chi connectivity index (χ1) is 11.6. The highest BCUT2D eigenvalue weighted by molar-refractivity contribution is 6.01. The third kappa shape index (κ3) is 3.51. The highest BCUT2D eigenvalue weighted by atomic mass is 19.1. The van der Waals surface area contributed by atoms with Gasteiger partial charge in [-0.1, -0.05) is 18.2 Å². The summed E-state index contributed by atoms with van der Waals surface area (Å²) in [5, 5.41) is 13.9. The molecule has 0 spiro atoms. The summed E-state index contributed by atoms with van der Waals surface area (Å²) >= 11 is 0.